The van der Waals surface area contributed by atoms with E-state index in [9.17, 15) is 24.5 Å². The van der Waals surface area contributed by atoms with E-state index in [-0.39, 0.29) is 23.8 Å². The Labute approximate surface area is 177 Å². The molecule has 10 heteroatoms. The summed E-state index contributed by atoms with van der Waals surface area (Å²) in [7, 11) is 3.18. The van der Waals surface area contributed by atoms with Crippen LogP contribution in [-0.4, -0.2) is 60.0 Å². The standard InChI is InChI=1S/C21H21N3O7/c1-23(2)20(26)16(12-13-6-4-3-5-7-13)22-19(25)17-18(31-17)21(27)30-15-10-8-14(9-11-15)24(28)29/h3-11,16-18H,12H2,1-2H3,(H,22,25)/t16-,17-,18-/m0/s1. The summed E-state index contributed by atoms with van der Waals surface area (Å²) in [6, 6.07) is 13.3. The lowest BCUT2D eigenvalue weighted by atomic mass is 10.0. The Hall–Kier alpha value is -3.79. The predicted octanol–water partition coefficient (Wildman–Crippen LogP) is 1.08. The van der Waals surface area contributed by atoms with Crippen molar-refractivity contribution in [3.05, 3.63) is 70.3 Å². The smallest absolute Gasteiger partial charge is 0.344 e. The molecule has 0 radical (unpaired) electrons. The molecule has 1 fully saturated rings. The van der Waals surface area contributed by atoms with Crippen LogP contribution in [0.5, 0.6) is 5.75 Å². The molecule has 0 aromatic heterocycles. The van der Waals surface area contributed by atoms with Gasteiger partial charge in [-0.05, 0) is 17.7 Å². The molecular weight excluding hydrogens is 406 g/mol. The lowest BCUT2D eigenvalue weighted by Gasteiger charge is -2.21. The summed E-state index contributed by atoms with van der Waals surface area (Å²) in [6.07, 6.45) is -1.89. The highest BCUT2D eigenvalue weighted by Crippen LogP contribution is 2.26. The fourth-order valence-electron chi connectivity index (χ4n) is 2.92. The largest absolute Gasteiger partial charge is 0.425 e. The van der Waals surface area contributed by atoms with Crippen molar-refractivity contribution >= 4 is 23.5 Å². The summed E-state index contributed by atoms with van der Waals surface area (Å²) < 4.78 is 10.2. The zero-order chi connectivity index (χ0) is 22.5. The first kappa shape index (κ1) is 21.9. The lowest BCUT2D eigenvalue weighted by Crippen LogP contribution is -2.49. The number of nitrogens with zero attached hydrogens (tertiary/aromatic N) is 2. The van der Waals surface area contributed by atoms with Gasteiger partial charge in [0, 0.05) is 32.6 Å². The molecule has 2 aromatic carbocycles. The van der Waals surface area contributed by atoms with E-state index in [1.165, 1.54) is 29.2 Å². The van der Waals surface area contributed by atoms with Gasteiger partial charge in [-0.15, -0.1) is 0 Å². The van der Waals surface area contributed by atoms with Crippen molar-refractivity contribution < 1.29 is 28.8 Å². The summed E-state index contributed by atoms with van der Waals surface area (Å²) in [6.45, 7) is 0. The molecule has 3 atom stereocenters. The summed E-state index contributed by atoms with van der Waals surface area (Å²) in [5, 5.41) is 13.3. The molecule has 1 heterocycles. The molecule has 1 saturated heterocycles. The van der Waals surface area contributed by atoms with Crippen LogP contribution in [0.15, 0.2) is 54.6 Å². The van der Waals surface area contributed by atoms with E-state index < -0.39 is 35.0 Å². The van der Waals surface area contributed by atoms with Gasteiger partial charge in [-0.1, -0.05) is 30.3 Å². The summed E-state index contributed by atoms with van der Waals surface area (Å²) >= 11 is 0. The molecule has 0 saturated carbocycles. The van der Waals surface area contributed by atoms with Crippen molar-refractivity contribution in [1.29, 1.82) is 0 Å². The molecule has 1 aliphatic heterocycles. The van der Waals surface area contributed by atoms with E-state index in [4.69, 9.17) is 9.47 Å². The Morgan fingerprint density at radius 2 is 1.74 bits per heavy atom. The predicted molar refractivity (Wildman–Crippen MR) is 108 cm³/mol. The van der Waals surface area contributed by atoms with Crippen LogP contribution in [0.4, 0.5) is 5.69 Å². The number of nitro benzene ring substituents is 1. The number of epoxide rings is 1. The molecule has 31 heavy (non-hydrogen) atoms. The number of rotatable bonds is 8. The molecule has 0 spiro atoms. The van der Waals surface area contributed by atoms with E-state index in [0.717, 1.165) is 5.56 Å². The number of carbonyl (C=O) groups excluding carboxylic acids is 3. The summed E-state index contributed by atoms with van der Waals surface area (Å²) in [5.41, 5.74) is 0.726. The highest BCUT2D eigenvalue weighted by atomic mass is 16.6. The van der Waals surface area contributed by atoms with Crippen LogP contribution in [0.3, 0.4) is 0 Å². The van der Waals surface area contributed by atoms with Crippen molar-refractivity contribution in [2.75, 3.05) is 14.1 Å². The van der Waals surface area contributed by atoms with Crippen LogP contribution in [0.25, 0.3) is 0 Å². The fraction of sp³-hybridized carbons (Fsp3) is 0.286. The van der Waals surface area contributed by atoms with Crippen LogP contribution in [-0.2, 0) is 25.5 Å². The number of ether oxygens (including phenoxy) is 2. The Bertz CT molecular complexity index is 976. The van der Waals surface area contributed by atoms with Crippen molar-refractivity contribution in [3.63, 3.8) is 0 Å². The second kappa shape index (κ2) is 9.35. The van der Waals surface area contributed by atoms with Crippen LogP contribution in [0, 0.1) is 10.1 Å². The maximum absolute atomic E-state index is 12.5. The zero-order valence-electron chi connectivity index (χ0n) is 16.9. The number of amides is 2. The highest BCUT2D eigenvalue weighted by Gasteiger charge is 2.52. The van der Waals surface area contributed by atoms with Gasteiger partial charge in [0.05, 0.1) is 4.92 Å². The number of non-ortho nitro benzene ring substituents is 1. The fourth-order valence-corrected chi connectivity index (χ4v) is 2.92. The molecule has 2 aromatic rings. The molecule has 10 nitrogen and oxygen atoms in total. The van der Waals surface area contributed by atoms with Gasteiger partial charge in [0.2, 0.25) is 5.91 Å². The molecule has 0 unspecified atom stereocenters. The maximum Gasteiger partial charge on any atom is 0.344 e. The number of hydrogen-bond acceptors (Lipinski definition) is 7. The molecule has 0 aliphatic carbocycles. The van der Waals surface area contributed by atoms with Gasteiger partial charge in [0.15, 0.2) is 12.2 Å². The number of esters is 1. The minimum atomic E-state index is -1.11. The second-order valence-electron chi connectivity index (χ2n) is 7.13. The normalized spacial score (nSPS) is 17.9. The highest BCUT2D eigenvalue weighted by molar-refractivity contribution is 5.96. The number of likely N-dealkylation sites (N-methyl/N-ethyl adjacent to an activating group) is 1. The van der Waals surface area contributed by atoms with Crippen LogP contribution in [0.2, 0.25) is 0 Å². The minimum Gasteiger partial charge on any atom is -0.425 e. The van der Waals surface area contributed by atoms with Gasteiger partial charge in [-0.2, -0.15) is 0 Å². The summed E-state index contributed by atoms with van der Waals surface area (Å²) in [4.78, 5) is 48.7. The molecule has 0 bridgehead atoms. The first-order valence-corrected chi connectivity index (χ1v) is 9.43. The first-order valence-electron chi connectivity index (χ1n) is 9.43. The average Bonchev–Trinajstić information content (AvgIpc) is 3.55. The number of nitrogens with one attached hydrogen (secondary N) is 1. The number of hydrogen-bond donors (Lipinski definition) is 1. The summed E-state index contributed by atoms with van der Waals surface area (Å²) in [5.74, 6) is -1.59. The van der Waals surface area contributed by atoms with E-state index in [0.29, 0.717) is 0 Å². The quantitative estimate of drug-likeness (QED) is 0.219. The number of benzene rings is 2. The molecule has 2 amide bonds. The van der Waals surface area contributed by atoms with E-state index in [1.54, 1.807) is 14.1 Å². The maximum atomic E-state index is 12.5. The third-order valence-electron chi connectivity index (χ3n) is 4.59. The van der Waals surface area contributed by atoms with E-state index >= 15 is 0 Å². The van der Waals surface area contributed by atoms with Gasteiger partial charge < -0.3 is 19.7 Å². The minimum absolute atomic E-state index is 0.0926. The molecule has 1 aliphatic rings. The molecule has 3 rings (SSSR count). The van der Waals surface area contributed by atoms with E-state index in [2.05, 4.69) is 5.32 Å². The third kappa shape index (κ3) is 5.64. The monoisotopic (exact) mass is 427 g/mol. The van der Waals surface area contributed by atoms with Crippen LogP contribution >= 0.6 is 0 Å². The lowest BCUT2D eigenvalue weighted by molar-refractivity contribution is -0.384. The van der Waals surface area contributed by atoms with E-state index in [1.807, 2.05) is 30.3 Å². The second-order valence-corrected chi connectivity index (χ2v) is 7.13. The Balaban J connectivity index is 1.58. The third-order valence-corrected chi connectivity index (χ3v) is 4.59. The average molecular weight is 427 g/mol. The van der Waals surface area contributed by atoms with Crippen molar-refractivity contribution in [1.82, 2.24) is 10.2 Å². The van der Waals surface area contributed by atoms with Gasteiger partial charge in [0.1, 0.15) is 11.8 Å². The Morgan fingerprint density at radius 3 is 2.32 bits per heavy atom. The van der Waals surface area contributed by atoms with Crippen LogP contribution < -0.4 is 10.1 Å². The number of carbonyl (C=O) groups is 3. The Morgan fingerprint density at radius 1 is 1.10 bits per heavy atom. The first-order chi connectivity index (χ1) is 14.8. The van der Waals surface area contributed by atoms with Gasteiger partial charge in [0.25, 0.3) is 11.6 Å². The zero-order valence-corrected chi connectivity index (χ0v) is 16.9. The van der Waals surface area contributed by atoms with Crippen molar-refractivity contribution in [3.8, 4) is 5.75 Å². The molecule has 162 valence electrons. The van der Waals surface area contributed by atoms with Crippen molar-refractivity contribution in [2.24, 2.45) is 0 Å². The Kier molecular flexibility index (Phi) is 6.61. The van der Waals surface area contributed by atoms with Crippen molar-refractivity contribution in [2.45, 2.75) is 24.7 Å². The molecule has 1 N–H and O–H groups in total. The van der Waals surface area contributed by atoms with Crippen LogP contribution in [0.1, 0.15) is 5.56 Å². The SMILES string of the molecule is CN(C)C(=O)[C@H](Cc1ccccc1)NC(=O)[C@H]1O[C@@H]1C(=O)Oc1ccc([N+](=O)[O-])cc1. The van der Waals surface area contributed by atoms with Gasteiger partial charge >= 0.3 is 5.97 Å². The van der Waals surface area contributed by atoms with Gasteiger partial charge in [-0.25, -0.2) is 4.79 Å². The number of nitro groups is 1. The molecular formula is C21H21N3O7. The van der Waals surface area contributed by atoms with Gasteiger partial charge in [-0.3, -0.25) is 19.7 Å². The topological polar surface area (TPSA) is 131 Å².